The van der Waals surface area contributed by atoms with Gasteiger partial charge in [0.1, 0.15) is 6.04 Å². The lowest BCUT2D eigenvalue weighted by Crippen LogP contribution is -2.51. The Morgan fingerprint density at radius 2 is 1.94 bits per heavy atom. The number of nitrogens with two attached hydrogens (primary N) is 1. The van der Waals surface area contributed by atoms with E-state index in [4.69, 9.17) is 10.8 Å². The maximum Gasteiger partial charge on any atom is 0.326 e. The molecule has 1 aliphatic rings. The number of aliphatic carboxylic acids is 1. The number of rotatable bonds is 3. The zero-order chi connectivity index (χ0) is 13.9. The topological polar surface area (TPSA) is 92.4 Å². The highest BCUT2D eigenvalue weighted by atomic mass is 16.4. The van der Waals surface area contributed by atoms with Crippen LogP contribution < -0.4 is 11.1 Å². The molecule has 1 amide bonds. The summed E-state index contributed by atoms with van der Waals surface area (Å²) in [6.07, 6.45) is 3.34. The molecular weight excluding hydrogens is 232 g/mol. The minimum atomic E-state index is -0.990. The zero-order valence-corrected chi connectivity index (χ0v) is 11.4. The number of amides is 1. The standard InChI is InChI=1S/C13H24N2O3/c1-13(2,3)10(12(17)18)15-11(16)8-5-4-6-9(14)7-8/h8-10H,4-7,14H2,1-3H3,(H,15,16)(H,17,18)/t8?,9?,10-/m0/s1. The quantitative estimate of drug-likeness (QED) is 0.705. The number of carboxylic acids is 1. The molecule has 0 radical (unpaired) electrons. The SMILES string of the molecule is CC(C)(C)[C@@H](NC(=O)C1CCCC(N)C1)C(=O)O. The van der Waals surface area contributed by atoms with Crippen LogP contribution in [0.4, 0.5) is 0 Å². The van der Waals surface area contributed by atoms with E-state index in [1.807, 2.05) is 0 Å². The molecule has 0 aromatic carbocycles. The van der Waals surface area contributed by atoms with E-state index >= 15 is 0 Å². The molecule has 104 valence electrons. The molecule has 1 aliphatic carbocycles. The van der Waals surface area contributed by atoms with Gasteiger partial charge in [0.25, 0.3) is 0 Å². The maximum absolute atomic E-state index is 12.1. The van der Waals surface area contributed by atoms with Crippen LogP contribution in [0.25, 0.3) is 0 Å². The Morgan fingerprint density at radius 3 is 2.39 bits per heavy atom. The van der Waals surface area contributed by atoms with E-state index in [2.05, 4.69) is 5.32 Å². The third-order valence-corrected chi connectivity index (χ3v) is 3.49. The summed E-state index contributed by atoms with van der Waals surface area (Å²) in [5.74, 6) is -1.30. The van der Waals surface area contributed by atoms with E-state index in [1.165, 1.54) is 0 Å². The van der Waals surface area contributed by atoms with Crippen molar-refractivity contribution in [3.8, 4) is 0 Å². The maximum atomic E-state index is 12.1. The van der Waals surface area contributed by atoms with Crippen molar-refractivity contribution in [3.63, 3.8) is 0 Å². The number of carbonyl (C=O) groups is 2. The summed E-state index contributed by atoms with van der Waals surface area (Å²) < 4.78 is 0. The Kier molecular flexibility index (Phi) is 4.73. The summed E-state index contributed by atoms with van der Waals surface area (Å²) in [5, 5.41) is 11.8. The van der Waals surface area contributed by atoms with Gasteiger partial charge in [0.05, 0.1) is 0 Å². The molecule has 18 heavy (non-hydrogen) atoms. The first-order valence-corrected chi connectivity index (χ1v) is 6.50. The van der Waals surface area contributed by atoms with Crippen molar-refractivity contribution in [2.45, 2.75) is 58.5 Å². The highest BCUT2D eigenvalue weighted by Gasteiger charge is 2.35. The summed E-state index contributed by atoms with van der Waals surface area (Å²) >= 11 is 0. The fourth-order valence-corrected chi connectivity index (χ4v) is 2.37. The van der Waals surface area contributed by atoms with E-state index in [1.54, 1.807) is 20.8 Å². The number of nitrogens with one attached hydrogen (secondary N) is 1. The van der Waals surface area contributed by atoms with Gasteiger partial charge in [-0.3, -0.25) is 4.79 Å². The van der Waals surface area contributed by atoms with Crippen LogP contribution in [0.5, 0.6) is 0 Å². The number of hydrogen-bond acceptors (Lipinski definition) is 3. The smallest absolute Gasteiger partial charge is 0.326 e. The van der Waals surface area contributed by atoms with Crippen LogP contribution in [0.2, 0.25) is 0 Å². The van der Waals surface area contributed by atoms with Gasteiger partial charge in [0, 0.05) is 12.0 Å². The monoisotopic (exact) mass is 256 g/mol. The molecule has 0 aromatic rings. The van der Waals surface area contributed by atoms with Gasteiger partial charge in [-0.2, -0.15) is 0 Å². The number of hydrogen-bond donors (Lipinski definition) is 3. The van der Waals surface area contributed by atoms with E-state index in [0.29, 0.717) is 6.42 Å². The van der Waals surface area contributed by atoms with E-state index in [-0.39, 0.29) is 17.9 Å². The predicted octanol–water partition coefficient (Wildman–Crippen LogP) is 1.12. The average molecular weight is 256 g/mol. The predicted molar refractivity (Wildman–Crippen MR) is 69.0 cm³/mol. The second-order valence-corrected chi connectivity index (χ2v) is 6.27. The Balaban J connectivity index is 2.64. The summed E-state index contributed by atoms with van der Waals surface area (Å²) in [4.78, 5) is 23.3. The fraction of sp³-hybridized carbons (Fsp3) is 0.846. The second-order valence-electron chi connectivity index (χ2n) is 6.27. The normalized spacial score (nSPS) is 26.4. The zero-order valence-electron chi connectivity index (χ0n) is 11.4. The lowest BCUT2D eigenvalue weighted by Gasteiger charge is -2.31. The lowest BCUT2D eigenvalue weighted by molar-refractivity contribution is -0.145. The highest BCUT2D eigenvalue weighted by molar-refractivity contribution is 5.85. The van der Waals surface area contributed by atoms with Crippen LogP contribution in [0.15, 0.2) is 0 Å². The third-order valence-electron chi connectivity index (χ3n) is 3.49. The van der Waals surface area contributed by atoms with Crippen molar-refractivity contribution >= 4 is 11.9 Å². The average Bonchev–Trinajstić information content (AvgIpc) is 2.23. The molecule has 5 heteroatoms. The number of carboxylic acid groups (broad SMARTS) is 1. The molecule has 0 heterocycles. The van der Waals surface area contributed by atoms with Crippen molar-refractivity contribution in [1.29, 1.82) is 0 Å². The van der Waals surface area contributed by atoms with Crippen LogP contribution in [0.3, 0.4) is 0 Å². The molecular formula is C13H24N2O3. The number of carbonyl (C=O) groups excluding carboxylic acids is 1. The Morgan fingerprint density at radius 1 is 1.33 bits per heavy atom. The first-order chi connectivity index (χ1) is 8.21. The largest absolute Gasteiger partial charge is 0.480 e. The van der Waals surface area contributed by atoms with Crippen molar-refractivity contribution in [2.75, 3.05) is 0 Å². The molecule has 0 bridgehead atoms. The van der Waals surface area contributed by atoms with Crippen LogP contribution in [-0.4, -0.2) is 29.1 Å². The molecule has 0 saturated heterocycles. The van der Waals surface area contributed by atoms with Gasteiger partial charge in [-0.25, -0.2) is 4.79 Å². The van der Waals surface area contributed by atoms with E-state index in [0.717, 1.165) is 19.3 Å². The molecule has 0 aliphatic heterocycles. The molecule has 1 fully saturated rings. The van der Waals surface area contributed by atoms with Crippen molar-refractivity contribution in [3.05, 3.63) is 0 Å². The van der Waals surface area contributed by atoms with Crippen molar-refractivity contribution in [2.24, 2.45) is 17.1 Å². The van der Waals surface area contributed by atoms with Crippen LogP contribution in [-0.2, 0) is 9.59 Å². The Labute approximate surface area is 108 Å². The minimum absolute atomic E-state index is 0.0624. The molecule has 5 nitrogen and oxygen atoms in total. The highest BCUT2D eigenvalue weighted by Crippen LogP contribution is 2.25. The lowest BCUT2D eigenvalue weighted by atomic mass is 9.83. The molecule has 0 spiro atoms. The third kappa shape index (κ3) is 3.98. The summed E-state index contributed by atoms with van der Waals surface area (Å²) in [5.41, 5.74) is 5.34. The second kappa shape index (κ2) is 5.69. The van der Waals surface area contributed by atoms with Crippen LogP contribution in [0, 0.1) is 11.3 Å². The van der Waals surface area contributed by atoms with Gasteiger partial charge in [0.2, 0.25) is 5.91 Å². The fourth-order valence-electron chi connectivity index (χ4n) is 2.37. The van der Waals surface area contributed by atoms with Crippen molar-refractivity contribution < 1.29 is 14.7 Å². The molecule has 3 atom stereocenters. The van der Waals surface area contributed by atoms with Gasteiger partial charge in [-0.15, -0.1) is 0 Å². The van der Waals surface area contributed by atoms with Gasteiger partial charge < -0.3 is 16.2 Å². The summed E-state index contributed by atoms with van der Waals surface area (Å²) in [6.45, 7) is 5.41. The molecule has 4 N–H and O–H groups in total. The van der Waals surface area contributed by atoms with Gasteiger partial charge >= 0.3 is 5.97 Å². The van der Waals surface area contributed by atoms with Gasteiger partial charge in [0.15, 0.2) is 0 Å². The Hall–Kier alpha value is -1.10. The van der Waals surface area contributed by atoms with Crippen LogP contribution >= 0.6 is 0 Å². The molecule has 1 saturated carbocycles. The van der Waals surface area contributed by atoms with Gasteiger partial charge in [-0.1, -0.05) is 27.2 Å². The van der Waals surface area contributed by atoms with E-state index in [9.17, 15) is 9.59 Å². The summed E-state index contributed by atoms with van der Waals surface area (Å²) in [7, 11) is 0. The molecule has 0 aromatic heterocycles. The molecule has 1 rings (SSSR count). The minimum Gasteiger partial charge on any atom is -0.480 e. The van der Waals surface area contributed by atoms with E-state index < -0.39 is 17.4 Å². The molecule has 2 unspecified atom stereocenters. The first-order valence-electron chi connectivity index (χ1n) is 6.50. The van der Waals surface area contributed by atoms with Gasteiger partial charge in [-0.05, 0) is 24.7 Å². The van der Waals surface area contributed by atoms with Crippen LogP contribution in [0.1, 0.15) is 46.5 Å². The Bertz CT molecular complexity index is 323. The first kappa shape index (κ1) is 15.0. The summed E-state index contributed by atoms with van der Waals surface area (Å²) in [6, 6.07) is -0.796. The van der Waals surface area contributed by atoms with Crippen molar-refractivity contribution in [1.82, 2.24) is 5.32 Å².